The zero-order chi connectivity index (χ0) is 20.1. The summed E-state index contributed by atoms with van der Waals surface area (Å²) in [5.74, 6) is 0. The minimum atomic E-state index is 1.15. The second-order valence-corrected chi connectivity index (χ2v) is 8.46. The first kappa shape index (κ1) is 26.7. The van der Waals surface area contributed by atoms with Gasteiger partial charge >= 0.3 is 0 Å². The second kappa shape index (κ2) is 20.4. The highest BCUT2D eigenvalue weighted by atomic mass is 15.3. The van der Waals surface area contributed by atoms with Crippen LogP contribution >= 0.6 is 0 Å². The Kier molecular flexibility index (Phi) is 20.1. The highest BCUT2D eigenvalue weighted by Crippen LogP contribution is 2.13. The number of quaternary nitrogens is 1. The van der Waals surface area contributed by atoms with Crippen LogP contribution in [0.15, 0.2) is 12.2 Å². The van der Waals surface area contributed by atoms with E-state index in [2.05, 4.69) is 45.3 Å². The molecule has 2 nitrogen and oxygen atoms in total. The molecule has 0 fully saturated rings. The third-order valence-corrected chi connectivity index (χ3v) is 6.32. The molecule has 0 rings (SSSR count). The van der Waals surface area contributed by atoms with Gasteiger partial charge in [0.15, 0.2) is 0 Å². The van der Waals surface area contributed by atoms with Crippen molar-refractivity contribution in [1.82, 2.24) is 5.32 Å². The molecule has 0 aliphatic carbocycles. The summed E-state index contributed by atoms with van der Waals surface area (Å²) in [5, 5.41) is 3.33. The molecule has 0 amide bonds. The van der Waals surface area contributed by atoms with Gasteiger partial charge in [-0.15, -0.1) is 0 Å². The Morgan fingerprint density at radius 1 is 0.593 bits per heavy atom. The topological polar surface area (TPSA) is 12.0 Å². The standard InChI is InChI=1S/C25H53N2/c1-5-8-9-10-11-12-13-14-15-16-17-18-19-20-21-22-24-27(6-2,7-3)25-23-26-4/h14-15,26H,5-13,16-25H2,1-4H3/q+1/b15-14-. The van der Waals surface area contributed by atoms with E-state index >= 15 is 0 Å². The molecule has 0 heterocycles. The number of nitrogens with zero attached hydrogens (tertiary/aromatic N) is 1. The second-order valence-electron chi connectivity index (χ2n) is 8.46. The van der Waals surface area contributed by atoms with Crippen LogP contribution in [0, 0.1) is 0 Å². The summed E-state index contributed by atoms with van der Waals surface area (Å²) in [4.78, 5) is 0. The van der Waals surface area contributed by atoms with Gasteiger partial charge in [-0.25, -0.2) is 0 Å². The molecule has 0 aromatic carbocycles. The highest BCUT2D eigenvalue weighted by molar-refractivity contribution is 4.81. The van der Waals surface area contributed by atoms with E-state index in [1.165, 1.54) is 121 Å². The Balaban J connectivity index is 3.44. The van der Waals surface area contributed by atoms with Gasteiger partial charge < -0.3 is 9.80 Å². The first-order valence-corrected chi connectivity index (χ1v) is 12.4. The van der Waals surface area contributed by atoms with Crippen molar-refractivity contribution in [2.24, 2.45) is 0 Å². The molecule has 27 heavy (non-hydrogen) atoms. The summed E-state index contributed by atoms with van der Waals surface area (Å²) in [7, 11) is 2.07. The summed E-state index contributed by atoms with van der Waals surface area (Å²) in [6.07, 6.45) is 24.4. The summed E-state index contributed by atoms with van der Waals surface area (Å²) in [6, 6.07) is 0. The molecular weight excluding hydrogens is 328 g/mol. The SMILES string of the molecule is CCCCCCCC/C=C\CCCCCCCC[N+](CC)(CC)CCNC. The maximum absolute atomic E-state index is 3.33. The van der Waals surface area contributed by atoms with Crippen LogP contribution in [0.3, 0.4) is 0 Å². The number of allylic oxidation sites excluding steroid dienone is 2. The fraction of sp³-hybridized carbons (Fsp3) is 0.920. The summed E-state index contributed by atoms with van der Waals surface area (Å²) in [5.41, 5.74) is 0. The van der Waals surface area contributed by atoms with E-state index in [0.29, 0.717) is 0 Å². The molecule has 2 heteroatoms. The lowest BCUT2D eigenvalue weighted by Gasteiger charge is -2.37. The molecule has 0 bridgehead atoms. The van der Waals surface area contributed by atoms with E-state index in [9.17, 15) is 0 Å². The Morgan fingerprint density at radius 3 is 1.56 bits per heavy atom. The van der Waals surface area contributed by atoms with Crippen molar-refractivity contribution >= 4 is 0 Å². The third kappa shape index (κ3) is 16.3. The van der Waals surface area contributed by atoms with Crippen LogP contribution in [0.25, 0.3) is 0 Å². The Bertz CT molecular complexity index is 307. The average Bonchev–Trinajstić information content (AvgIpc) is 2.70. The molecule has 0 aromatic rings. The zero-order valence-corrected chi connectivity index (χ0v) is 19.5. The number of rotatable bonds is 21. The Morgan fingerprint density at radius 2 is 1.07 bits per heavy atom. The van der Waals surface area contributed by atoms with Gasteiger partial charge in [-0.2, -0.15) is 0 Å². The van der Waals surface area contributed by atoms with E-state index in [1.807, 2.05) is 0 Å². The minimum absolute atomic E-state index is 1.15. The van der Waals surface area contributed by atoms with E-state index in [-0.39, 0.29) is 0 Å². The lowest BCUT2D eigenvalue weighted by Crippen LogP contribution is -2.51. The van der Waals surface area contributed by atoms with Gasteiger partial charge in [0.1, 0.15) is 0 Å². The van der Waals surface area contributed by atoms with Crippen molar-refractivity contribution in [2.75, 3.05) is 39.8 Å². The third-order valence-electron chi connectivity index (χ3n) is 6.32. The van der Waals surface area contributed by atoms with Gasteiger partial charge in [0.2, 0.25) is 0 Å². The number of hydrogen-bond donors (Lipinski definition) is 1. The predicted molar refractivity (Wildman–Crippen MR) is 124 cm³/mol. The van der Waals surface area contributed by atoms with Crippen LogP contribution in [-0.2, 0) is 0 Å². The Labute approximate surface area is 172 Å². The van der Waals surface area contributed by atoms with Crippen LogP contribution in [0.2, 0.25) is 0 Å². The molecule has 0 saturated heterocycles. The normalized spacial score (nSPS) is 12.3. The summed E-state index contributed by atoms with van der Waals surface area (Å²) < 4.78 is 1.30. The van der Waals surface area contributed by atoms with Crippen molar-refractivity contribution in [2.45, 2.75) is 111 Å². The van der Waals surface area contributed by atoms with Crippen molar-refractivity contribution in [3.05, 3.63) is 12.2 Å². The van der Waals surface area contributed by atoms with E-state index in [4.69, 9.17) is 0 Å². The molecule has 0 saturated carbocycles. The molecule has 0 aliphatic rings. The van der Waals surface area contributed by atoms with Gasteiger partial charge in [0, 0.05) is 6.54 Å². The molecule has 0 radical (unpaired) electrons. The minimum Gasteiger partial charge on any atom is -0.323 e. The number of nitrogens with one attached hydrogen (secondary N) is 1. The summed E-state index contributed by atoms with van der Waals surface area (Å²) in [6.45, 7) is 13.4. The van der Waals surface area contributed by atoms with Crippen LogP contribution in [0.1, 0.15) is 111 Å². The number of likely N-dealkylation sites (N-methyl/N-ethyl adjacent to an activating group) is 2. The fourth-order valence-corrected chi connectivity index (χ4v) is 4.01. The molecule has 0 aliphatic heterocycles. The predicted octanol–water partition coefficient (Wildman–Crippen LogP) is 7.10. The maximum Gasteiger partial charge on any atom is 0.0913 e. The maximum atomic E-state index is 3.33. The van der Waals surface area contributed by atoms with Crippen LogP contribution in [-0.4, -0.2) is 44.3 Å². The first-order valence-electron chi connectivity index (χ1n) is 12.4. The lowest BCUT2D eigenvalue weighted by molar-refractivity contribution is -0.924. The zero-order valence-electron chi connectivity index (χ0n) is 19.5. The molecule has 162 valence electrons. The molecular formula is C25H53N2+. The van der Waals surface area contributed by atoms with Gasteiger partial charge in [-0.1, -0.05) is 70.4 Å². The van der Waals surface area contributed by atoms with Crippen LogP contribution in [0.5, 0.6) is 0 Å². The fourth-order valence-electron chi connectivity index (χ4n) is 4.01. The highest BCUT2D eigenvalue weighted by Gasteiger charge is 2.21. The van der Waals surface area contributed by atoms with Gasteiger partial charge in [0.05, 0.1) is 26.2 Å². The van der Waals surface area contributed by atoms with E-state index < -0.39 is 0 Å². The molecule has 0 atom stereocenters. The van der Waals surface area contributed by atoms with Crippen molar-refractivity contribution in [1.29, 1.82) is 0 Å². The van der Waals surface area contributed by atoms with Crippen LogP contribution < -0.4 is 5.32 Å². The van der Waals surface area contributed by atoms with Crippen molar-refractivity contribution < 1.29 is 4.48 Å². The van der Waals surface area contributed by atoms with Crippen LogP contribution in [0.4, 0.5) is 0 Å². The molecule has 0 aromatic heterocycles. The van der Waals surface area contributed by atoms with E-state index in [1.54, 1.807) is 0 Å². The van der Waals surface area contributed by atoms with Gasteiger partial charge in [0.25, 0.3) is 0 Å². The molecule has 0 unspecified atom stereocenters. The lowest BCUT2D eigenvalue weighted by atomic mass is 10.1. The smallest absolute Gasteiger partial charge is 0.0913 e. The summed E-state index contributed by atoms with van der Waals surface area (Å²) >= 11 is 0. The monoisotopic (exact) mass is 381 g/mol. The first-order chi connectivity index (χ1) is 13.2. The van der Waals surface area contributed by atoms with Crippen molar-refractivity contribution in [3.63, 3.8) is 0 Å². The Hall–Kier alpha value is -0.340. The van der Waals surface area contributed by atoms with Crippen molar-refractivity contribution in [3.8, 4) is 0 Å². The molecule has 0 spiro atoms. The van der Waals surface area contributed by atoms with Gasteiger partial charge in [-0.3, -0.25) is 0 Å². The average molecular weight is 382 g/mol. The number of hydrogen-bond acceptors (Lipinski definition) is 1. The largest absolute Gasteiger partial charge is 0.323 e. The van der Waals surface area contributed by atoms with Gasteiger partial charge in [-0.05, 0) is 59.4 Å². The quantitative estimate of drug-likeness (QED) is 0.127. The van der Waals surface area contributed by atoms with E-state index in [0.717, 1.165) is 6.54 Å². The molecule has 1 N–H and O–H groups in total. The number of unbranched alkanes of at least 4 members (excludes halogenated alkanes) is 12.